The number of nitrogens with two attached hydrogens (primary N) is 1. The van der Waals surface area contributed by atoms with E-state index in [1.54, 1.807) is 0 Å². The summed E-state index contributed by atoms with van der Waals surface area (Å²) in [4.78, 5) is 0. The van der Waals surface area contributed by atoms with E-state index in [1.165, 1.54) is 59.9 Å². The second-order valence-electron chi connectivity index (χ2n) is 6.18. The highest BCUT2D eigenvalue weighted by molar-refractivity contribution is 5.74. The number of hydrogen-bond donors (Lipinski definition) is 1. The summed E-state index contributed by atoms with van der Waals surface area (Å²) in [5, 5.41) is 0. The Morgan fingerprint density at radius 3 is 2.78 bits per heavy atom. The van der Waals surface area contributed by atoms with Crippen molar-refractivity contribution in [3.63, 3.8) is 0 Å². The molecular formula is C17H23N. The van der Waals surface area contributed by atoms with Gasteiger partial charge in [0, 0.05) is 5.69 Å². The van der Waals surface area contributed by atoms with Crippen LogP contribution in [0, 0.1) is 12.8 Å². The van der Waals surface area contributed by atoms with Gasteiger partial charge in [0.15, 0.2) is 0 Å². The van der Waals surface area contributed by atoms with Gasteiger partial charge in [-0.2, -0.15) is 0 Å². The first-order chi connectivity index (χ1) is 8.59. The molecule has 2 unspecified atom stereocenters. The van der Waals surface area contributed by atoms with Crippen LogP contribution in [-0.4, -0.2) is 0 Å². The molecule has 3 rings (SSSR count). The van der Waals surface area contributed by atoms with Crippen LogP contribution >= 0.6 is 0 Å². The van der Waals surface area contributed by atoms with Gasteiger partial charge in [-0.05, 0) is 73.3 Å². The minimum Gasteiger partial charge on any atom is -0.398 e. The zero-order chi connectivity index (χ0) is 12.9. The molecule has 18 heavy (non-hydrogen) atoms. The Morgan fingerprint density at radius 1 is 1.33 bits per heavy atom. The van der Waals surface area contributed by atoms with E-state index in [0.717, 1.165) is 17.5 Å². The van der Waals surface area contributed by atoms with Gasteiger partial charge in [-0.25, -0.2) is 0 Å². The molecule has 0 spiro atoms. The van der Waals surface area contributed by atoms with Crippen LogP contribution in [0.1, 0.15) is 60.8 Å². The number of fused-ring (bicyclic) bond motifs is 3. The molecule has 0 amide bonds. The number of aryl methyl sites for hydroxylation is 1. The summed E-state index contributed by atoms with van der Waals surface area (Å²) in [6, 6.07) is 2.24. The molecule has 0 aliphatic heterocycles. The van der Waals surface area contributed by atoms with Crippen LogP contribution < -0.4 is 5.73 Å². The average Bonchev–Trinajstić information content (AvgIpc) is 2.72. The van der Waals surface area contributed by atoms with Crippen LogP contribution in [0.5, 0.6) is 0 Å². The van der Waals surface area contributed by atoms with Crippen molar-refractivity contribution in [3.8, 4) is 0 Å². The van der Waals surface area contributed by atoms with E-state index in [-0.39, 0.29) is 0 Å². The Labute approximate surface area is 110 Å². The third kappa shape index (κ3) is 1.60. The van der Waals surface area contributed by atoms with Crippen LogP contribution in [0.4, 0.5) is 5.69 Å². The third-order valence-electron chi connectivity index (χ3n) is 4.93. The molecule has 2 atom stereocenters. The molecule has 0 saturated heterocycles. The lowest BCUT2D eigenvalue weighted by molar-refractivity contribution is 0.331. The molecule has 0 aromatic heterocycles. The zero-order valence-electron chi connectivity index (χ0n) is 11.6. The van der Waals surface area contributed by atoms with Crippen LogP contribution in [0.2, 0.25) is 0 Å². The van der Waals surface area contributed by atoms with Gasteiger partial charge in [0.25, 0.3) is 0 Å². The fourth-order valence-electron chi connectivity index (χ4n) is 4.02. The van der Waals surface area contributed by atoms with Crippen molar-refractivity contribution in [2.75, 3.05) is 5.73 Å². The van der Waals surface area contributed by atoms with Gasteiger partial charge in [0.05, 0.1) is 0 Å². The molecule has 1 aromatic rings. The lowest BCUT2D eigenvalue weighted by atomic mass is 9.79. The molecule has 2 aliphatic carbocycles. The van der Waals surface area contributed by atoms with Gasteiger partial charge in [0.1, 0.15) is 0 Å². The molecule has 1 heteroatoms. The summed E-state index contributed by atoms with van der Waals surface area (Å²) in [6.45, 7) is 8.41. The first-order valence-electron chi connectivity index (χ1n) is 7.17. The summed E-state index contributed by atoms with van der Waals surface area (Å²) in [5.41, 5.74) is 14.2. The van der Waals surface area contributed by atoms with Crippen LogP contribution in [0.3, 0.4) is 0 Å². The molecule has 1 nitrogen and oxygen atoms in total. The molecule has 0 radical (unpaired) electrons. The maximum atomic E-state index is 6.38. The van der Waals surface area contributed by atoms with E-state index in [0.29, 0.717) is 0 Å². The van der Waals surface area contributed by atoms with Crippen LogP contribution in [-0.2, 0) is 6.42 Å². The van der Waals surface area contributed by atoms with Crippen molar-refractivity contribution >= 4 is 11.3 Å². The maximum Gasteiger partial charge on any atom is 0.0382 e. The third-order valence-corrected chi connectivity index (χ3v) is 4.93. The molecule has 1 fully saturated rings. The Bertz CT molecular complexity index is 513. The van der Waals surface area contributed by atoms with E-state index in [4.69, 9.17) is 5.73 Å². The largest absolute Gasteiger partial charge is 0.398 e. The highest BCUT2D eigenvalue weighted by Gasteiger charge is 2.37. The smallest absolute Gasteiger partial charge is 0.0382 e. The van der Waals surface area contributed by atoms with E-state index >= 15 is 0 Å². The predicted molar refractivity (Wildman–Crippen MR) is 78.7 cm³/mol. The normalized spacial score (nSPS) is 25.7. The number of hydrogen-bond acceptors (Lipinski definition) is 1. The van der Waals surface area contributed by atoms with Gasteiger partial charge in [-0.15, -0.1) is 0 Å². The topological polar surface area (TPSA) is 26.0 Å². The zero-order valence-corrected chi connectivity index (χ0v) is 11.6. The standard InChI is InChI=1S/C17H23N/c1-10(2)14-8-11(3)17(18)16-13-7-5-4-6-12(13)9-15(14)16/h8,12-13H,1,4-7,9,18H2,2-3H3. The van der Waals surface area contributed by atoms with Gasteiger partial charge in [-0.3, -0.25) is 0 Å². The first kappa shape index (κ1) is 11.8. The fraction of sp³-hybridized carbons (Fsp3) is 0.529. The summed E-state index contributed by atoms with van der Waals surface area (Å²) in [5.74, 6) is 1.57. The quantitative estimate of drug-likeness (QED) is 0.723. The maximum absolute atomic E-state index is 6.38. The van der Waals surface area contributed by atoms with Gasteiger partial charge >= 0.3 is 0 Å². The number of anilines is 1. The van der Waals surface area contributed by atoms with Crippen molar-refractivity contribution in [1.29, 1.82) is 0 Å². The molecular weight excluding hydrogens is 218 g/mol. The van der Waals surface area contributed by atoms with Crippen molar-refractivity contribution in [1.82, 2.24) is 0 Å². The molecule has 96 valence electrons. The van der Waals surface area contributed by atoms with E-state index < -0.39 is 0 Å². The number of allylic oxidation sites excluding steroid dienone is 1. The SMILES string of the molecule is C=C(C)c1cc(C)c(N)c2c1CC1CCCCC21. The minimum absolute atomic E-state index is 0.728. The molecule has 2 aliphatic rings. The Hall–Kier alpha value is -1.24. The highest BCUT2D eigenvalue weighted by Crippen LogP contribution is 2.51. The van der Waals surface area contributed by atoms with Crippen LogP contribution in [0.15, 0.2) is 12.6 Å². The lowest BCUT2D eigenvalue weighted by Crippen LogP contribution is -2.13. The predicted octanol–water partition coefficient (Wildman–Crippen LogP) is 4.44. The van der Waals surface area contributed by atoms with Crippen molar-refractivity contribution in [2.45, 2.75) is 51.9 Å². The Balaban J connectivity index is 2.19. The first-order valence-corrected chi connectivity index (χ1v) is 7.17. The van der Waals surface area contributed by atoms with E-state index in [1.807, 2.05) is 0 Å². The number of rotatable bonds is 1. The van der Waals surface area contributed by atoms with Crippen molar-refractivity contribution in [3.05, 3.63) is 34.9 Å². The molecule has 2 N–H and O–H groups in total. The molecule has 0 heterocycles. The Kier molecular flexibility index (Phi) is 2.73. The van der Waals surface area contributed by atoms with Crippen molar-refractivity contribution < 1.29 is 0 Å². The van der Waals surface area contributed by atoms with Crippen LogP contribution in [0.25, 0.3) is 5.57 Å². The van der Waals surface area contributed by atoms with Gasteiger partial charge in [-0.1, -0.05) is 25.0 Å². The fourth-order valence-corrected chi connectivity index (χ4v) is 4.02. The Morgan fingerprint density at radius 2 is 2.06 bits per heavy atom. The summed E-state index contributed by atoms with van der Waals surface area (Å²) in [7, 11) is 0. The average molecular weight is 241 g/mol. The van der Waals surface area contributed by atoms with E-state index in [9.17, 15) is 0 Å². The van der Waals surface area contributed by atoms with Gasteiger partial charge < -0.3 is 5.73 Å². The summed E-state index contributed by atoms with van der Waals surface area (Å²) >= 11 is 0. The molecule has 1 saturated carbocycles. The molecule has 0 bridgehead atoms. The molecule has 1 aromatic carbocycles. The summed E-state index contributed by atoms with van der Waals surface area (Å²) < 4.78 is 0. The lowest BCUT2D eigenvalue weighted by Gasteiger charge is -2.26. The minimum atomic E-state index is 0.728. The van der Waals surface area contributed by atoms with Crippen molar-refractivity contribution in [2.24, 2.45) is 5.92 Å². The highest BCUT2D eigenvalue weighted by atomic mass is 14.6. The number of nitrogen functional groups attached to an aromatic ring is 1. The van der Waals surface area contributed by atoms with E-state index in [2.05, 4.69) is 26.5 Å². The summed E-state index contributed by atoms with van der Waals surface area (Å²) in [6.07, 6.45) is 6.72. The number of benzene rings is 1. The second-order valence-corrected chi connectivity index (χ2v) is 6.18. The monoisotopic (exact) mass is 241 g/mol. The van der Waals surface area contributed by atoms with Gasteiger partial charge in [0.2, 0.25) is 0 Å². The second kappa shape index (κ2) is 4.15.